The summed E-state index contributed by atoms with van der Waals surface area (Å²) in [6.45, 7) is 0. The molecule has 3 heterocycles. The van der Waals surface area contributed by atoms with E-state index in [1.807, 2.05) is 0 Å². The molecule has 0 bridgehead atoms. The summed E-state index contributed by atoms with van der Waals surface area (Å²) in [5, 5.41) is 5.90. The van der Waals surface area contributed by atoms with Crippen molar-refractivity contribution in [2.45, 2.75) is 0 Å². The van der Waals surface area contributed by atoms with Gasteiger partial charge >= 0.3 is 0 Å². The van der Waals surface area contributed by atoms with Crippen LogP contribution in [0, 0.1) is 0 Å². The van der Waals surface area contributed by atoms with E-state index < -0.39 is 0 Å². The molecule has 46 heavy (non-hydrogen) atoms. The molecule has 10 rings (SSSR count). The standard InChI is InChI=1S/C42H26N4/c1-2-14-29(15-3-1)45-36-21-8-5-16-30(36)32-25-24-28(26-39(32)45)41-34-18-4-7-20-35(34)43-42(44-41)46-37-22-9-6-17-31(37)33-19-10-12-27-13-11-23-38(46)40(27)33/h1-26H. The normalized spacial score (nSPS) is 12.3. The monoisotopic (exact) mass is 586 g/mol. The third kappa shape index (κ3) is 3.55. The average molecular weight is 587 g/mol. The maximum absolute atomic E-state index is 5.42. The summed E-state index contributed by atoms with van der Waals surface area (Å²) in [6.07, 6.45) is 0. The van der Waals surface area contributed by atoms with Crippen LogP contribution in [0.25, 0.3) is 71.6 Å². The fourth-order valence-electron chi connectivity index (χ4n) is 7.33. The van der Waals surface area contributed by atoms with Gasteiger partial charge in [0.2, 0.25) is 5.95 Å². The van der Waals surface area contributed by atoms with Crippen molar-refractivity contribution in [2.75, 3.05) is 4.90 Å². The van der Waals surface area contributed by atoms with Crippen LogP contribution in [-0.4, -0.2) is 14.5 Å². The van der Waals surface area contributed by atoms with Gasteiger partial charge < -0.3 is 4.57 Å². The molecule has 0 saturated carbocycles. The molecule has 2 aromatic heterocycles. The molecule has 4 heteroatoms. The molecule has 1 aliphatic rings. The third-order valence-corrected chi connectivity index (χ3v) is 9.31. The lowest BCUT2D eigenvalue weighted by Gasteiger charge is -2.32. The Hall–Kier alpha value is -6.26. The Balaban J connectivity index is 1.26. The van der Waals surface area contributed by atoms with Gasteiger partial charge in [-0.2, -0.15) is 0 Å². The molecule has 1 aliphatic heterocycles. The van der Waals surface area contributed by atoms with Gasteiger partial charge in [-0.05, 0) is 53.4 Å². The first-order valence-electron chi connectivity index (χ1n) is 15.6. The van der Waals surface area contributed by atoms with Crippen LogP contribution >= 0.6 is 0 Å². The van der Waals surface area contributed by atoms with Gasteiger partial charge in [0.25, 0.3) is 0 Å². The molecule has 0 unspecified atom stereocenters. The molecule has 4 nitrogen and oxygen atoms in total. The van der Waals surface area contributed by atoms with E-state index in [2.05, 4.69) is 167 Å². The maximum Gasteiger partial charge on any atom is 0.235 e. The van der Waals surface area contributed by atoms with Crippen LogP contribution < -0.4 is 4.90 Å². The summed E-state index contributed by atoms with van der Waals surface area (Å²) in [4.78, 5) is 12.9. The van der Waals surface area contributed by atoms with E-state index in [0.29, 0.717) is 5.95 Å². The summed E-state index contributed by atoms with van der Waals surface area (Å²) < 4.78 is 2.36. The highest BCUT2D eigenvalue weighted by Gasteiger charge is 2.28. The van der Waals surface area contributed by atoms with E-state index in [9.17, 15) is 0 Å². The molecule has 0 spiro atoms. The van der Waals surface area contributed by atoms with Gasteiger partial charge in [-0.25, -0.2) is 9.97 Å². The van der Waals surface area contributed by atoms with E-state index in [1.54, 1.807) is 0 Å². The zero-order chi connectivity index (χ0) is 30.2. The highest BCUT2D eigenvalue weighted by molar-refractivity contribution is 6.14. The first-order valence-corrected chi connectivity index (χ1v) is 15.6. The summed E-state index contributed by atoms with van der Waals surface area (Å²) >= 11 is 0. The van der Waals surface area contributed by atoms with Gasteiger partial charge in [-0.1, -0.05) is 115 Å². The van der Waals surface area contributed by atoms with Crippen molar-refractivity contribution in [3.8, 4) is 28.1 Å². The quantitative estimate of drug-likeness (QED) is 0.206. The van der Waals surface area contributed by atoms with Crippen molar-refractivity contribution in [3.05, 3.63) is 158 Å². The second kappa shape index (κ2) is 9.62. The van der Waals surface area contributed by atoms with Crippen LogP contribution in [0.3, 0.4) is 0 Å². The molecule has 0 aliphatic carbocycles. The van der Waals surface area contributed by atoms with Crippen LogP contribution in [0.5, 0.6) is 0 Å². The molecule has 0 radical (unpaired) electrons. The van der Waals surface area contributed by atoms with Crippen molar-refractivity contribution in [1.82, 2.24) is 14.5 Å². The predicted octanol–water partition coefficient (Wildman–Crippen LogP) is 11.0. The van der Waals surface area contributed by atoms with Crippen molar-refractivity contribution in [1.29, 1.82) is 0 Å². The molecule has 7 aromatic carbocycles. The largest absolute Gasteiger partial charge is 0.309 e. The highest BCUT2D eigenvalue weighted by Crippen LogP contribution is 2.50. The Labute approximate surface area is 265 Å². The van der Waals surface area contributed by atoms with E-state index in [-0.39, 0.29) is 0 Å². The molecule has 0 N–H and O–H groups in total. The van der Waals surface area contributed by atoms with E-state index in [1.165, 1.54) is 38.2 Å². The Morgan fingerprint density at radius 1 is 0.457 bits per heavy atom. The molecule has 0 fully saturated rings. The van der Waals surface area contributed by atoms with E-state index in [0.717, 1.165) is 44.7 Å². The zero-order valence-electron chi connectivity index (χ0n) is 24.8. The van der Waals surface area contributed by atoms with Crippen LogP contribution in [0.15, 0.2) is 158 Å². The fourth-order valence-corrected chi connectivity index (χ4v) is 7.33. The van der Waals surface area contributed by atoms with Gasteiger partial charge in [-0.15, -0.1) is 0 Å². The molecule has 214 valence electrons. The van der Waals surface area contributed by atoms with Gasteiger partial charge in [0, 0.05) is 38.4 Å². The summed E-state index contributed by atoms with van der Waals surface area (Å²) in [6, 6.07) is 55.9. The van der Waals surface area contributed by atoms with Crippen LogP contribution in [0.4, 0.5) is 17.3 Å². The number of hydrogen-bond acceptors (Lipinski definition) is 3. The van der Waals surface area contributed by atoms with Gasteiger partial charge in [0.1, 0.15) is 0 Å². The molecule has 9 aromatic rings. The first-order chi connectivity index (χ1) is 22.8. The maximum atomic E-state index is 5.42. The van der Waals surface area contributed by atoms with Gasteiger partial charge in [0.05, 0.1) is 33.6 Å². The fraction of sp³-hybridized carbons (Fsp3) is 0. The number of fused-ring (bicyclic) bond motifs is 6. The van der Waals surface area contributed by atoms with E-state index in [4.69, 9.17) is 9.97 Å². The SMILES string of the molecule is c1ccc(-n2c3ccccc3c3ccc(-c4nc(N5c6ccccc6-c6cccc7cccc5c67)nc5ccccc45)cc32)cc1. The van der Waals surface area contributed by atoms with Crippen LogP contribution in [0.1, 0.15) is 0 Å². The Morgan fingerprint density at radius 2 is 1.15 bits per heavy atom. The topological polar surface area (TPSA) is 34.0 Å². The lowest BCUT2D eigenvalue weighted by atomic mass is 9.91. The summed E-state index contributed by atoms with van der Waals surface area (Å²) in [7, 11) is 0. The van der Waals surface area contributed by atoms with Crippen LogP contribution in [0.2, 0.25) is 0 Å². The second-order valence-corrected chi connectivity index (χ2v) is 11.8. The number of anilines is 3. The Morgan fingerprint density at radius 3 is 2.07 bits per heavy atom. The average Bonchev–Trinajstić information content (AvgIpc) is 3.45. The number of aromatic nitrogens is 3. The first kappa shape index (κ1) is 25.1. The summed E-state index contributed by atoms with van der Waals surface area (Å²) in [5.41, 5.74) is 10.9. The molecular formula is C42H26N4. The number of hydrogen-bond donors (Lipinski definition) is 0. The van der Waals surface area contributed by atoms with Crippen LogP contribution in [-0.2, 0) is 0 Å². The predicted molar refractivity (Wildman–Crippen MR) is 190 cm³/mol. The molecule has 0 saturated heterocycles. The Kier molecular flexibility index (Phi) is 5.25. The minimum atomic E-state index is 0.659. The minimum Gasteiger partial charge on any atom is -0.309 e. The number of benzene rings is 7. The number of nitrogens with zero attached hydrogens (tertiary/aromatic N) is 4. The van der Waals surface area contributed by atoms with Crippen molar-refractivity contribution in [3.63, 3.8) is 0 Å². The van der Waals surface area contributed by atoms with Crippen molar-refractivity contribution in [2.24, 2.45) is 0 Å². The second-order valence-electron chi connectivity index (χ2n) is 11.8. The lowest BCUT2D eigenvalue weighted by Crippen LogP contribution is -2.18. The van der Waals surface area contributed by atoms with Gasteiger partial charge in [0.15, 0.2) is 0 Å². The van der Waals surface area contributed by atoms with Crippen molar-refractivity contribution >= 4 is 60.8 Å². The number of para-hydroxylation sites is 4. The van der Waals surface area contributed by atoms with Gasteiger partial charge in [-0.3, -0.25) is 4.90 Å². The highest BCUT2D eigenvalue weighted by atomic mass is 15.3. The lowest BCUT2D eigenvalue weighted by molar-refractivity contribution is 1.11. The minimum absolute atomic E-state index is 0.659. The molecule has 0 atom stereocenters. The smallest absolute Gasteiger partial charge is 0.235 e. The van der Waals surface area contributed by atoms with Crippen molar-refractivity contribution < 1.29 is 0 Å². The molecular weight excluding hydrogens is 560 g/mol. The van der Waals surface area contributed by atoms with E-state index >= 15 is 0 Å². The summed E-state index contributed by atoms with van der Waals surface area (Å²) in [5.74, 6) is 0.659. The molecule has 0 amide bonds. The number of rotatable bonds is 3. The zero-order valence-corrected chi connectivity index (χ0v) is 24.8. The Bertz CT molecular complexity index is 2650. The third-order valence-electron chi connectivity index (χ3n) is 9.31.